The molecule has 0 saturated carbocycles. The van der Waals surface area contributed by atoms with Crippen LogP contribution in [-0.4, -0.2) is 5.11 Å². The number of benzene rings is 1. The number of allylic oxidation sites excluding steroid dienone is 4. The molecule has 0 spiro atoms. The zero-order chi connectivity index (χ0) is 11.4. The summed E-state index contributed by atoms with van der Waals surface area (Å²) in [6.07, 6.45) is 11.7. The number of aromatic hydroxyl groups is 1. The molecule has 1 aromatic carbocycles. The van der Waals surface area contributed by atoms with Crippen LogP contribution >= 0.6 is 0 Å². The van der Waals surface area contributed by atoms with Crippen LogP contribution in [-0.2, 0) is 12.8 Å². The van der Waals surface area contributed by atoms with Crippen molar-refractivity contribution in [3.05, 3.63) is 53.6 Å². The molecule has 1 unspecified atom stereocenters. The molecule has 84 valence electrons. The van der Waals surface area contributed by atoms with Crippen molar-refractivity contribution in [1.29, 1.82) is 0 Å². The molecule has 0 saturated heterocycles. The van der Waals surface area contributed by atoms with Gasteiger partial charge in [0.15, 0.2) is 0 Å². The Labute approximate surface area is 97.1 Å². The van der Waals surface area contributed by atoms with Crippen molar-refractivity contribution in [2.45, 2.75) is 26.2 Å². The van der Waals surface area contributed by atoms with Crippen molar-refractivity contribution in [1.82, 2.24) is 0 Å². The minimum Gasteiger partial charge on any atom is -0.508 e. The van der Waals surface area contributed by atoms with Gasteiger partial charge in [0.1, 0.15) is 5.75 Å². The Morgan fingerprint density at radius 2 is 2.00 bits per heavy atom. The molecule has 0 aliphatic heterocycles. The summed E-state index contributed by atoms with van der Waals surface area (Å²) in [5, 5.41) is 9.83. The normalized spacial score (nSPS) is 20.4. The summed E-state index contributed by atoms with van der Waals surface area (Å²) in [6.45, 7) is 2.23. The van der Waals surface area contributed by atoms with E-state index in [1.54, 1.807) is 6.07 Å². The maximum absolute atomic E-state index is 9.83. The smallest absolute Gasteiger partial charge is 0.119 e. The van der Waals surface area contributed by atoms with Gasteiger partial charge in [-0.15, -0.1) is 0 Å². The van der Waals surface area contributed by atoms with Crippen molar-refractivity contribution in [2.24, 2.45) is 5.92 Å². The molecule has 1 aliphatic rings. The second kappa shape index (κ2) is 5.02. The second-order valence-corrected chi connectivity index (χ2v) is 4.44. The van der Waals surface area contributed by atoms with Crippen molar-refractivity contribution in [2.75, 3.05) is 0 Å². The number of phenolic OH excluding ortho intramolecular Hbond substituents is 1. The van der Waals surface area contributed by atoms with Gasteiger partial charge in [-0.05, 0) is 36.8 Å². The van der Waals surface area contributed by atoms with Gasteiger partial charge in [-0.25, -0.2) is 0 Å². The Hall–Kier alpha value is -1.50. The Kier molecular flexibility index (Phi) is 3.45. The Balaban J connectivity index is 2.34. The van der Waals surface area contributed by atoms with E-state index < -0.39 is 0 Å². The number of phenols is 1. The highest BCUT2D eigenvalue weighted by Crippen LogP contribution is 2.23. The topological polar surface area (TPSA) is 20.2 Å². The predicted octanol–water partition coefficient (Wildman–Crippen LogP) is 3.63. The SMILES string of the molecule is CC1C=CCc2cccc(O)c2CC=CC1. The predicted molar refractivity (Wildman–Crippen MR) is 67.6 cm³/mol. The third-order valence-electron chi connectivity index (χ3n) is 3.05. The van der Waals surface area contributed by atoms with E-state index in [4.69, 9.17) is 0 Å². The molecule has 2 rings (SSSR count). The van der Waals surface area contributed by atoms with Crippen LogP contribution in [0.25, 0.3) is 0 Å². The molecular formula is C15H18O. The van der Waals surface area contributed by atoms with E-state index in [0.717, 1.165) is 24.8 Å². The van der Waals surface area contributed by atoms with Gasteiger partial charge in [0, 0.05) is 5.56 Å². The van der Waals surface area contributed by atoms with Crippen LogP contribution in [0.15, 0.2) is 42.5 Å². The molecular weight excluding hydrogens is 196 g/mol. The number of fused-ring (bicyclic) bond motifs is 1. The molecule has 0 radical (unpaired) electrons. The fourth-order valence-corrected chi connectivity index (χ4v) is 2.07. The molecule has 1 aromatic rings. The molecule has 1 heteroatoms. The van der Waals surface area contributed by atoms with Crippen molar-refractivity contribution < 1.29 is 5.11 Å². The molecule has 0 amide bonds. The van der Waals surface area contributed by atoms with Crippen LogP contribution in [0, 0.1) is 5.92 Å². The first-order valence-electron chi connectivity index (χ1n) is 5.89. The Morgan fingerprint density at radius 1 is 1.12 bits per heavy atom. The first kappa shape index (κ1) is 11.0. The van der Waals surface area contributed by atoms with E-state index in [2.05, 4.69) is 37.3 Å². The van der Waals surface area contributed by atoms with Gasteiger partial charge >= 0.3 is 0 Å². The largest absolute Gasteiger partial charge is 0.508 e. The maximum Gasteiger partial charge on any atom is 0.119 e. The van der Waals surface area contributed by atoms with Gasteiger partial charge in [-0.2, -0.15) is 0 Å². The van der Waals surface area contributed by atoms with Crippen LogP contribution in [0.3, 0.4) is 0 Å². The monoisotopic (exact) mass is 214 g/mol. The summed E-state index contributed by atoms with van der Waals surface area (Å²) in [5.41, 5.74) is 2.30. The van der Waals surface area contributed by atoms with Crippen molar-refractivity contribution in [3.63, 3.8) is 0 Å². The number of hydrogen-bond donors (Lipinski definition) is 1. The number of rotatable bonds is 0. The van der Waals surface area contributed by atoms with Gasteiger partial charge in [0.05, 0.1) is 0 Å². The van der Waals surface area contributed by atoms with Crippen LogP contribution in [0.1, 0.15) is 24.5 Å². The lowest BCUT2D eigenvalue weighted by Gasteiger charge is -2.10. The third kappa shape index (κ3) is 2.54. The highest BCUT2D eigenvalue weighted by atomic mass is 16.3. The quantitative estimate of drug-likeness (QED) is 0.654. The van der Waals surface area contributed by atoms with E-state index in [9.17, 15) is 5.11 Å². The first-order chi connectivity index (χ1) is 7.77. The van der Waals surface area contributed by atoms with E-state index in [1.807, 2.05) is 6.07 Å². The molecule has 0 heterocycles. The summed E-state index contributed by atoms with van der Waals surface area (Å²) >= 11 is 0. The van der Waals surface area contributed by atoms with Gasteiger partial charge in [-0.3, -0.25) is 0 Å². The fourth-order valence-electron chi connectivity index (χ4n) is 2.07. The minimum atomic E-state index is 0.421. The van der Waals surface area contributed by atoms with Crippen molar-refractivity contribution >= 4 is 0 Å². The molecule has 1 nitrogen and oxygen atoms in total. The first-order valence-corrected chi connectivity index (χ1v) is 5.89. The molecule has 1 atom stereocenters. The van der Waals surface area contributed by atoms with E-state index in [1.165, 1.54) is 5.56 Å². The molecule has 0 fully saturated rings. The Morgan fingerprint density at radius 3 is 2.88 bits per heavy atom. The summed E-state index contributed by atoms with van der Waals surface area (Å²) < 4.78 is 0. The summed E-state index contributed by atoms with van der Waals surface area (Å²) in [6, 6.07) is 5.78. The average Bonchev–Trinajstić information content (AvgIpc) is 2.27. The van der Waals surface area contributed by atoms with E-state index in [-0.39, 0.29) is 0 Å². The molecule has 0 aromatic heterocycles. The lowest BCUT2D eigenvalue weighted by Crippen LogP contribution is -1.95. The fraction of sp³-hybridized carbons (Fsp3) is 0.333. The second-order valence-electron chi connectivity index (χ2n) is 4.44. The third-order valence-corrected chi connectivity index (χ3v) is 3.05. The lowest BCUT2D eigenvalue weighted by atomic mass is 9.97. The van der Waals surface area contributed by atoms with Gasteiger partial charge in [0.2, 0.25) is 0 Å². The van der Waals surface area contributed by atoms with Gasteiger partial charge < -0.3 is 5.11 Å². The van der Waals surface area contributed by atoms with Crippen LogP contribution in [0.2, 0.25) is 0 Å². The molecule has 1 aliphatic carbocycles. The highest BCUT2D eigenvalue weighted by molar-refractivity contribution is 5.41. The summed E-state index contributed by atoms with van der Waals surface area (Å²) in [5.74, 6) is 1.03. The van der Waals surface area contributed by atoms with E-state index in [0.29, 0.717) is 11.7 Å². The maximum atomic E-state index is 9.83. The van der Waals surface area contributed by atoms with Gasteiger partial charge in [0.25, 0.3) is 0 Å². The lowest BCUT2D eigenvalue weighted by molar-refractivity contribution is 0.469. The standard InChI is InChI=1S/C15H18O/c1-12-6-2-3-10-14-13(8-4-7-12)9-5-11-15(14)16/h2-5,7,9,11-12,16H,6,8,10H2,1H3. The Bertz CT molecular complexity index is 415. The zero-order valence-corrected chi connectivity index (χ0v) is 9.69. The van der Waals surface area contributed by atoms with Crippen molar-refractivity contribution in [3.8, 4) is 5.75 Å². The highest BCUT2D eigenvalue weighted by Gasteiger charge is 2.06. The minimum absolute atomic E-state index is 0.421. The summed E-state index contributed by atoms with van der Waals surface area (Å²) in [4.78, 5) is 0. The molecule has 0 bridgehead atoms. The van der Waals surface area contributed by atoms with Crippen LogP contribution in [0.4, 0.5) is 0 Å². The molecule has 16 heavy (non-hydrogen) atoms. The molecule has 1 N–H and O–H groups in total. The van der Waals surface area contributed by atoms with Crippen LogP contribution < -0.4 is 0 Å². The van der Waals surface area contributed by atoms with Gasteiger partial charge in [-0.1, -0.05) is 43.4 Å². The van der Waals surface area contributed by atoms with Crippen LogP contribution in [0.5, 0.6) is 5.75 Å². The average molecular weight is 214 g/mol. The van der Waals surface area contributed by atoms with E-state index >= 15 is 0 Å². The number of hydrogen-bond acceptors (Lipinski definition) is 1. The zero-order valence-electron chi connectivity index (χ0n) is 9.69. The summed E-state index contributed by atoms with van der Waals surface area (Å²) in [7, 11) is 0.